The Kier molecular flexibility index (Phi) is 5.36. The molecule has 0 fully saturated rings. The second-order valence-electron chi connectivity index (χ2n) is 2.86. The van der Waals surface area contributed by atoms with E-state index in [1.165, 1.54) is 15.9 Å². The highest BCUT2D eigenvalue weighted by molar-refractivity contribution is 5.80. The fourth-order valence-electron chi connectivity index (χ4n) is 0.906. The summed E-state index contributed by atoms with van der Waals surface area (Å²) in [4.78, 5) is 24.7. The minimum atomic E-state index is -1.02. The summed E-state index contributed by atoms with van der Waals surface area (Å²) in [6.45, 7) is 5.79. The van der Waals surface area contributed by atoms with Gasteiger partial charge >= 0.3 is 12.0 Å². The molecular weight excluding hydrogens is 184 g/mol. The van der Waals surface area contributed by atoms with Gasteiger partial charge in [-0.1, -0.05) is 6.08 Å². The number of rotatable bonds is 5. The van der Waals surface area contributed by atoms with E-state index < -0.39 is 5.97 Å². The monoisotopic (exact) mass is 200 g/mol. The number of carboxylic acids is 1. The maximum absolute atomic E-state index is 11.5. The lowest BCUT2D eigenvalue weighted by molar-refractivity contribution is -0.137. The largest absolute Gasteiger partial charge is 0.480 e. The summed E-state index contributed by atoms with van der Waals surface area (Å²) in [5.74, 6) is -1.02. The van der Waals surface area contributed by atoms with Gasteiger partial charge in [0.15, 0.2) is 0 Å². The van der Waals surface area contributed by atoms with Crippen molar-refractivity contribution < 1.29 is 14.7 Å². The lowest BCUT2D eigenvalue weighted by atomic mass is 10.4. The number of carboxylic acid groups (broad SMARTS) is 1. The molecule has 0 saturated carbocycles. The Labute approximate surface area is 83.6 Å². The molecule has 0 spiro atoms. The summed E-state index contributed by atoms with van der Waals surface area (Å²) in [5.41, 5.74) is 0. The third-order valence-corrected chi connectivity index (χ3v) is 1.75. The maximum atomic E-state index is 11.5. The van der Waals surface area contributed by atoms with Crippen LogP contribution < -0.4 is 0 Å². The number of nitrogens with zero attached hydrogens (tertiary/aromatic N) is 2. The second kappa shape index (κ2) is 6.01. The Morgan fingerprint density at radius 2 is 2.07 bits per heavy atom. The van der Waals surface area contributed by atoms with Crippen LogP contribution in [0.5, 0.6) is 0 Å². The van der Waals surface area contributed by atoms with Crippen LogP contribution >= 0.6 is 0 Å². The van der Waals surface area contributed by atoms with Gasteiger partial charge in [-0.25, -0.2) is 4.79 Å². The number of urea groups is 1. The average molecular weight is 200 g/mol. The van der Waals surface area contributed by atoms with Gasteiger partial charge in [0.2, 0.25) is 0 Å². The average Bonchev–Trinajstić information content (AvgIpc) is 2.14. The Morgan fingerprint density at radius 1 is 1.50 bits per heavy atom. The van der Waals surface area contributed by atoms with Crippen LogP contribution in [0.3, 0.4) is 0 Å². The third-order valence-electron chi connectivity index (χ3n) is 1.75. The zero-order chi connectivity index (χ0) is 11.1. The van der Waals surface area contributed by atoms with Crippen LogP contribution in [0.25, 0.3) is 0 Å². The molecule has 2 amide bonds. The number of aliphatic carboxylic acids is 1. The van der Waals surface area contributed by atoms with Crippen LogP contribution in [0, 0.1) is 0 Å². The van der Waals surface area contributed by atoms with Crippen LogP contribution in [-0.2, 0) is 4.79 Å². The Balaban J connectivity index is 4.39. The topological polar surface area (TPSA) is 60.9 Å². The molecule has 1 N–H and O–H groups in total. The molecule has 14 heavy (non-hydrogen) atoms. The van der Waals surface area contributed by atoms with E-state index in [0.717, 1.165) is 0 Å². The molecule has 0 aromatic carbocycles. The smallest absolute Gasteiger partial charge is 0.323 e. The van der Waals surface area contributed by atoms with E-state index in [4.69, 9.17) is 5.11 Å². The Bertz CT molecular complexity index is 228. The second-order valence-corrected chi connectivity index (χ2v) is 2.86. The number of hydrogen-bond donors (Lipinski definition) is 1. The normalized spacial score (nSPS) is 9.29. The van der Waals surface area contributed by atoms with Gasteiger partial charge in [0.05, 0.1) is 0 Å². The van der Waals surface area contributed by atoms with Gasteiger partial charge in [0.1, 0.15) is 6.54 Å². The van der Waals surface area contributed by atoms with E-state index in [9.17, 15) is 9.59 Å². The summed E-state index contributed by atoms with van der Waals surface area (Å²) in [7, 11) is 1.63. The van der Waals surface area contributed by atoms with Crippen molar-refractivity contribution in [2.24, 2.45) is 0 Å². The van der Waals surface area contributed by atoms with Crippen molar-refractivity contribution >= 4 is 12.0 Å². The van der Waals surface area contributed by atoms with Crippen molar-refractivity contribution in [2.75, 3.05) is 26.7 Å². The third kappa shape index (κ3) is 3.93. The highest BCUT2D eigenvalue weighted by atomic mass is 16.4. The summed E-state index contributed by atoms with van der Waals surface area (Å²) >= 11 is 0. The maximum Gasteiger partial charge on any atom is 0.323 e. The SMILES string of the molecule is C=CCN(CC(=O)O)C(=O)N(C)CC. The lowest BCUT2D eigenvalue weighted by Gasteiger charge is -2.24. The first kappa shape index (κ1) is 12.5. The van der Waals surface area contributed by atoms with Crippen molar-refractivity contribution in [3.05, 3.63) is 12.7 Å². The van der Waals surface area contributed by atoms with Gasteiger partial charge in [-0.15, -0.1) is 6.58 Å². The molecule has 0 aliphatic heterocycles. The molecule has 0 unspecified atom stereocenters. The first-order valence-electron chi connectivity index (χ1n) is 4.35. The summed E-state index contributed by atoms with van der Waals surface area (Å²) < 4.78 is 0. The van der Waals surface area contributed by atoms with Gasteiger partial charge in [0, 0.05) is 20.1 Å². The van der Waals surface area contributed by atoms with E-state index in [1.54, 1.807) is 7.05 Å². The Hall–Kier alpha value is -1.52. The van der Waals surface area contributed by atoms with E-state index >= 15 is 0 Å². The molecule has 0 rings (SSSR count). The molecule has 0 aliphatic carbocycles. The van der Waals surface area contributed by atoms with Gasteiger partial charge < -0.3 is 14.9 Å². The van der Waals surface area contributed by atoms with Crippen molar-refractivity contribution in [1.29, 1.82) is 0 Å². The van der Waals surface area contributed by atoms with Crippen molar-refractivity contribution in [3.63, 3.8) is 0 Å². The van der Waals surface area contributed by atoms with Gasteiger partial charge in [-0.05, 0) is 6.92 Å². The molecule has 0 aliphatic rings. The summed E-state index contributed by atoms with van der Waals surface area (Å²) in [6, 6.07) is -0.296. The fraction of sp³-hybridized carbons (Fsp3) is 0.556. The zero-order valence-electron chi connectivity index (χ0n) is 8.56. The molecule has 0 atom stereocenters. The zero-order valence-corrected chi connectivity index (χ0v) is 8.56. The molecule has 0 heterocycles. The molecule has 5 nitrogen and oxygen atoms in total. The highest BCUT2D eigenvalue weighted by Gasteiger charge is 2.17. The quantitative estimate of drug-likeness (QED) is 0.662. The minimum Gasteiger partial charge on any atom is -0.480 e. The van der Waals surface area contributed by atoms with E-state index in [-0.39, 0.29) is 19.1 Å². The van der Waals surface area contributed by atoms with Crippen LogP contribution in [-0.4, -0.2) is 53.6 Å². The Morgan fingerprint density at radius 3 is 2.43 bits per heavy atom. The molecule has 5 heteroatoms. The van der Waals surface area contributed by atoms with Crippen LogP contribution in [0.15, 0.2) is 12.7 Å². The van der Waals surface area contributed by atoms with Crippen molar-refractivity contribution in [3.8, 4) is 0 Å². The number of amides is 2. The number of carbonyl (C=O) groups is 2. The van der Waals surface area contributed by atoms with Crippen molar-refractivity contribution in [1.82, 2.24) is 9.80 Å². The number of hydrogen-bond acceptors (Lipinski definition) is 2. The fourth-order valence-corrected chi connectivity index (χ4v) is 0.906. The first-order valence-corrected chi connectivity index (χ1v) is 4.35. The molecule has 0 radical (unpaired) electrons. The summed E-state index contributed by atoms with van der Waals surface area (Å²) in [6.07, 6.45) is 1.50. The molecular formula is C9H16N2O3. The predicted molar refractivity (Wildman–Crippen MR) is 53.1 cm³/mol. The molecule has 0 bridgehead atoms. The predicted octanol–water partition coefficient (Wildman–Crippen LogP) is 0.631. The number of carbonyl (C=O) groups excluding carboxylic acids is 1. The lowest BCUT2D eigenvalue weighted by Crippen LogP contribution is -2.43. The minimum absolute atomic E-state index is 0.246. The van der Waals surface area contributed by atoms with E-state index in [1.807, 2.05) is 6.92 Å². The van der Waals surface area contributed by atoms with E-state index in [2.05, 4.69) is 6.58 Å². The van der Waals surface area contributed by atoms with E-state index in [0.29, 0.717) is 6.54 Å². The van der Waals surface area contributed by atoms with Crippen molar-refractivity contribution in [2.45, 2.75) is 6.92 Å². The molecule has 0 aromatic heterocycles. The highest BCUT2D eigenvalue weighted by Crippen LogP contribution is 1.96. The molecule has 0 saturated heterocycles. The summed E-state index contributed by atoms with van der Waals surface area (Å²) in [5, 5.41) is 8.57. The van der Waals surface area contributed by atoms with Crippen LogP contribution in [0.4, 0.5) is 4.79 Å². The van der Waals surface area contributed by atoms with Gasteiger partial charge in [0.25, 0.3) is 0 Å². The van der Waals surface area contributed by atoms with Crippen LogP contribution in [0.1, 0.15) is 6.92 Å². The molecule has 0 aromatic rings. The van der Waals surface area contributed by atoms with Gasteiger partial charge in [-0.3, -0.25) is 4.79 Å². The van der Waals surface area contributed by atoms with Gasteiger partial charge in [-0.2, -0.15) is 0 Å². The first-order chi connectivity index (χ1) is 6.52. The molecule has 80 valence electrons. The standard InChI is InChI=1S/C9H16N2O3/c1-4-6-11(7-8(12)13)9(14)10(3)5-2/h4H,1,5-7H2,2-3H3,(H,12,13). The van der Waals surface area contributed by atoms with Crippen LogP contribution in [0.2, 0.25) is 0 Å².